The van der Waals surface area contributed by atoms with Crippen molar-refractivity contribution in [1.29, 1.82) is 0 Å². The Morgan fingerprint density at radius 2 is 0.692 bits per heavy atom. The van der Waals surface area contributed by atoms with Gasteiger partial charge in [0.1, 0.15) is 0 Å². The number of aliphatic hydroxyl groups excluding tert-OH is 4. The topological polar surface area (TPSA) is 193 Å². The van der Waals surface area contributed by atoms with E-state index < -0.39 is 49.8 Å². The van der Waals surface area contributed by atoms with E-state index in [1.165, 1.54) is 70.6 Å². The van der Waals surface area contributed by atoms with Crippen molar-refractivity contribution in [2.45, 2.75) is 129 Å². The van der Waals surface area contributed by atoms with Crippen LogP contribution in [0.25, 0.3) is 0 Å². The third-order valence-electron chi connectivity index (χ3n) is 6.30. The lowest BCUT2D eigenvalue weighted by molar-refractivity contribution is -0.139. The van der Waals surface area contributed by atoms with Gasteiger partial charge in [-0.25, -0.2) is 0 Å². The number of hydrogen-bond donors (Lipinski definition) is 7. The maximum atomic E-state index is 10.3. The standard InChI is InChI=1S/C18H36O2.C6H10O4.C5H12O4/c1-17(2)15-13-11-9-7-5-3-4-6-8-10-12-14-16-18(19)20;7-5(8)3-1-2-4-6(9)10;6-1-5(2-7,3-8)4-9/h17H,3-16H2,1-2H3,(H,19,20);1-4H2,(H,7,8)(H,9,10);6-9H,1-4H2. The molecule has 0 saturated heterocycles. The Morgan fingerprint density at radius 1 is 0.462 bits per heavy atom. The maximum absolute atomic E-state index is 10.3. The molecule has 0 atom stereocenters. The van der Waals surface area contributed by atoms with Crippen molar-refractivity contribution in [1.82, 2.24) is 0 Å². The Hall–Kier alpha value is -1.75. The van der Waals surface area contributed by atoms with Gasteiger partial charge in [-0.2, -0.15) is 0 Å². The number of carboxylic acid groups (broad SMARTS) is 3. The lowest BCUT2D eigenvalue weighted by Crippen LogP contribution is -2.37. The molecule has 0 bridgehead atoms. The quantitative estimate of drug-likeness (QED) is 0.0794. The molecule has 0 aromatic rings. The van der Waals surface area contributed by atoms with Crippen LogP contribution in [0, 0.1) is 11.3 Å². The van der Waals surface area contributed by atoms with E-state index in [0.717, 1.165) is 18.8 Å². The molecule has 0 aliphatic heterocycles. The Morgan fingerprint density at radius 3 is 0.897 bits per heavy atom. The number of hydrogen-bond acceptors (Lipinski definition) is 7. The summed E-state index contributed by atoms with van der Waals surface area (Å²) in [4.78, 5) is 30.1. The minimum absolute atomic E-state index is 0.0628. The van der Waals surface area contributed by atoms with Gasteiger partial charge < -0.3 is 35.7 Å². The molecule has 10 heteroatoms. The molecule has 0 unspecified atom stereocenters. The zero-order valence-electron chi connectivity index (χ0n) is 24.5. The molecule has 0 aliphatic carbocycles. The van der Waals surface area contributed by atoms with E-state index in [2.05, 4.69) is 13.8 Å². The first kappa shape index (κ1) is 41.7. The van der Waals surface area contributed by atoms with Crippen LogP contribution in [0.15, 0.2) is 0 Å². The number of rotatable bonds is 24. The summed E-state index contributed by atoms with van der Waals surface area (Å²) in [6.45, 7) is 2.99. The predicted molar refractivity (Wildman–Crippen MR) is 152 cm³/mol. The average Bonchev–Trinajstić information content (AvgIpc) is 2.89. The molecule has 7 N–H and O–H groups in total. The van der Waals surface area contributed by atoms with E-state index in [4.69, 9.17) is 35.7 Å². The highest BCUT2D eigenvalue weighted by Crippen LogP contribution is 2.14. The van der Waals surface area contributed by atoms with Crippen molar-refractivity contribution < 1.29 is 50.1 Å². The maximum Gasteiger partial charge on any atom is 0.303 e. The van der Waals surface area contributed by atoms with Gasteiger partial charge in [0.05, 0.1) is 31.8 Å². The van der Waals surface area contributed by atoms with Crippen molar-refractivity contribution in [3.8, 4) is 0 Å². The number of aliphatic carboxylic acids is 3. The van der Waals surface area contributed by atoms with Crippen LogP contribution in [-0.4, -0.2) is 80.1 Å². The fourth-order valence-electron chi connectivity index (χ4n) is 3.45. The van der Waals surface area contributed by atoms with E-state index in [1.54, 1.807) is 0 Å². The highest BCUT2D eigenvalue weighted by molar-refractivity contribution is 5.68. The summed E-state index contributed by atoms with van der Waals surface area (Å²) in [7, 11) is 0. The lowest BCUT2D eigenvalue weighted by Gasteiger charge is -2.23. The third-order valence-corrected chi connectivity index (χ3v) is 6.30. The van der Waals surface area contributed by atoms with Gasteiger partial charge in [-0.15, -0.1) is 0 Å². The Kier molecular flexibility index (Phi) is 32.9. The summed E-state index contributed by atoms with van der Waals surface area (Å²) >= 11 is 0. The van der Waals surface area contributed by atoms with Crippen LogP contribution in [0.5, 0.6) is 0 Å². The molecule has 0 rings (SSSR count). The minimum atomic E-state index is -1.11. The number of aliphatic hydroxyl groups is 4. The van der Waals surface area contributed by atoms with Gasteiger partial charge in [-0.1, -0.05) is 90.9 Å². The fraction of sp³-hybridized carbons (Fsp3) is 0.897. The molecular weight excluding hydrogens is 508 g/mol. The summed E-state index contributed by atoms with van der Waals surface area (Å²) in [5.74, 6) is -1.53. The summed E-state index contributed by atoms with van der Waals surface area (Å²) < 4.78 is 0. The molecule has 0 aliphatic rings. The molecule has 234 valence electrons. The largest absolute Gasteiger partial charge is 0.481 e. The molecule has 0 aromatic carbocycles. The molecule has 0 fully saturated rings. The van der Waals surface area contributed by atoms with Gasteiger partial charge in [0.2, 0.25) is 0 Å². The van der Waals surface area contributed by atoms with Crippen LogP contribution < -0.4 is 0 Å². The van der Waals surface area contributed by atoms with Crippen LogP contribution >= 0.6 is 0 Å². The second-order valence-electron chi connectivity index (χ2n) is 10.7. The van der Waals surface area contributed by atoms with Gasteiger partial charge in [0.25, 0.3) is 0 Å². The minimum Gasteiger partial charge on any atom is -0.481 e. The zero-order valence-corrected chi connectivity index (χ0v) is 24.5. The van der Waals surface area contributed by atoms with Gasteiger partial charge in [-0.05, 0) is 25.2 Å². The molecule has 0 radical (unpaired) electrons. The fourth-order valence-corrected chi connectivity index (χ4v) is 3.45. The first-order valence-electron chi connectivity index (χ1n) is 14.6. The summed E-state index contributed by atoms with van der Waals surface area (Å²) in [6.07, 6.45) is 18.3. The predicted octanol–water partition coefficient (Wildman–Crippen LogP) is 4.85. The Bertz CT molecular complexity index is 529. The van der Waals surface area contributed by atoms with Gasteiger partial charge in [0, 0.05) is 19.3 Å². The number of carboxylic acids is 3. The van der Waals surface area contributed by atoms with Crippen LogP contribution in [0.1, 0.15) is 129 Å². The first-order valence-corrected chi connectivity index (χ1v) is 14.6. The molecule has 0 saturated carbocycles. The monoisotopic (exact) mass is 566 g/mol. The average molecular weight is 567 g/mol. The van der Waals surface area contributed by atoms with E-state index in [9.17, 15) is 14.4 Å². The lowest BCUT2D eigenvalue weighted by atomic mass is 9.93. The molecule has 0 heterocycles. The van der Waals surface area contributed by atoms with Crippen LogP contribution in [-0.2, 0) is 14.4 Å². The number of carbonyl (C=O) groups is 3. The summed E-state index contributed by atoms with van der Waals surface area (Å²) in [6, 6.07) is 0. The molecule has 0 spiro atoms. The Labute approximate surface area is 235 Å². The summed E-state index contributed by atoms with van der Waals surface area (Å²) in [5, 5.41) is 58.8. The van der Waals surface area contributed by atoms with Crippen LogP contribution in [0.2, 0.25) is 0 Å². The second-order valence-corrected chi connectivity index (χ2v) is 10.7. The van der Waals surface area contributed by atoms with Crippen molar-refractivity contribution in [2.75, 3.05) is 26.4 Å². The molecule has 10 nitrogen and oxygen atoms in total. The second kappa shape index (κ2) is 30.8. The SMILES string of the molecule is CC(C)CCCCCCCCCCCCCCC(=O)O.O=C(O)CCCCC(=O)O.OCC(CO)(CO)CO. The summed E-state index contributed by atoms with van der Waals surface area (Å²) in [5.41, 5.74) is -1.11. The van der Waals surface area contributed by atoms with Crippen molar-refractivity contribution in [3.63, 3.8) is 0 Å². The highest BCUT2D eigenvalue weighted by atomic mass is 16.4. The zero-order chi connectivity index (χ0) is 30.4. The van der Waals surface area contributed by atoms with Crippen LogP contribution in [0.4, 0.5) is 0 Å². The first-order chi connectivity index (χ1) is 18.5. The van der Waals surface area contributed by atoms with Crippen LogP contribution in [0.3, 0.4) is 0 Å². The van der Waals surface area contributed by atoms with Gasteiger partial charge >= 0.3 is 17.9 Å². The third kappa shape index (κ3) is 36.2. The molecular formula is C29H58O10. The molecule has 39 heavy (non-hydrogen) atoms. The number of unbranched alkanes of at least 4 members (excludes halogenated alkanes) is 12. The Balaban J connectivity index is -0.000000568. The van der Waals surface area contributed by atoms with E-state index in [0.29, 0.717) is 19.3 Å². The van der Waals surface area contributed by atoms with E-state index >= 15 is 0 Å². The van der Waals surface area contributed by atoms with E-state index in [1.807, 2.05) is 0 Å². The van der Waals surface area contributed by atoms with Gasteiger partial charge in [-0.3, -0.25) is 14.4 Å². The van der Waals surface area contributed by atoms with E-state index in [-0.39, 0.29) is 12.8 Å². The van der Waals surface area contributed by atoms with Crippen molar-refractivity contribution in [3.05, 3.63) is 0 Å². The highest BCUT2D eigenvalue weighted by Gasteiger charge is 2.26. The normalized spacial score (nSPS) is 10.8. The molecule has 0 aromatic heterocycles. The van der Waals surface area contributed by atoms with Crippen molar-refractivity contribution in [2.24, 2.45) is 11.3 Å². The van der Waals surface area contributed by atoms with Crippen molar-refractivity contribution >= 4 is 17.9 Å². The smallest absolute Gasteiger partial charge is 0.303 e. The molecule has 0 amide bonds. The van der Waals surface area contributed by atoms with Gasteiger partial charge in [0.15, 0.2) is 0 Å².